The van der Waals surface area contributed by atoms with Gasteiger partial charge in [0.25, 0.3) is 0 Å². The van der Waals surface area contributed by atoms with Gasteiger partial charge in [-0.2, -0.15) is 0 Å². The third-order valence-electron chi connectivity index (χ3n) is 6.16. The number of amides is 1. The van der Waals surface area contributed by atoms with Crippen molar-refractivity contribution < 1.29 is 19.8 Å². The Hall–Kier alpha value is -1.84. The summed E-state index contributed by atoms with van der Waals surface area (Å²) in [5.41, 5.74) is 0.292. The van der Waals surface area contributed by atoms with E-state index in [1.165, 1.54) is 0 Å². The van der Waals surface area contributed by atoms with E-state index in [1.807, 2.05) is 20.8 Å². The van der Waals surface area contributed by atoms with Crippen molar-refractivity contribution >= 4 is 28.9 Å². The van der Waals surface area contributed by atoms with Gasteiger partial charge >= 0.3 is 5.97 Å². The third kappa shape index (κ3) is 5.25. The summed E-state index contributed by atoms with van der Waals surface area (Å²) >= 11 is 1.14. The van der Waals surface area contributed by atoms with Crippen molar-refractivity contribution in [3.8, 4) is 11.8 Å². The lowest BCUT2D eigenvalue weighted by molar-refractivity contribution is -0.124. The zero-order chi connectivity index (χ0) is 22.1. The average molecular weight is 432 g/mol. The zero-order valence-electron chi connectivity index (χ0n) is 18.4. The first-order valence-corrected chi connectivity index (χ1v) is 11.7. The smallest absolute Gasteiger partial charge is 0.348 e. The van der Waals surface area contributed by atoms with Crippen LogP contribution < -0.4 is 4.90 Å². The molecule has 0 unspecified atom stereocenters. The van der Waals surface area contributed by atoms with Crippen LogP contribution >= 0.6 is 11.3 Å². The van der Waals surface area contributed by atoms with E-state index in [0.29, 0.717) is 29.3 Å². The summed E-state index contributed by atoms with van der Waals surface area (Å²) in [7, 11) is 0. The molecule has 0 saturated heterocycles. The van der Waals surface area contributed by atoms with E-state index in [9.17, 15) is 19.8 Å². The topological polar surface area (TPSA) is 77.8 Å². The maximum absolute atomic E-state index is 13.6. The van der Waals surface area contributed by atoms with Gasteiger partial charge in [0.15, 0.2) is 0 Å². The molecule has 0 aromatic carbocycles. The summed E-state index contributed by atoms with van der Waals surface area (Å²) in [6.07, 6.45) is 5.20. The second-order valence-corrected chi connectivity index (χ2v) is 11.0. The standard InChI is InChI=1S/C24H33NO4S/c1-15-5-7-17(8-6-15)22(27)25(18-11-16(12-18)14-26)20-13-19(9-10-24(2,3)4)30-21(20)23(28)29/h13,15-18,26H,5-8,11-12,14H2,1-4H3,(H,28,29). The number of rotatable bonds is 5. The minimum atomic E-state index is -1.02. The first-order chi connectivity index (χ1) is 14.1. The first kappa shape index (κ1) is 22.8. The molecule has 2 aliphatic rings. The molecule has 2 aliphatic carbocycles. The molecule has 0 radical (unpaired) electrons. The van der Waals surface area contributed by atoms with E-state index in [4.69, 9.17) is 0 Å². The molecule has 30 heavy (non-hydrogen) atoms. The number of thiophene rings is 1. The van der Waals surface area contributed by atoms with Crippen LogP contribution in [-0.4, -0.2) is 34.7 Å². The van der Waals surface area contributed by atoms with Crippen molar-refractivity contribution in [3.63, 3.8) is 0 Å². The Balaban J connectivity index is 1.96. The van der Waals surface area contributed by atoms with Crippen molar-refractivity contribution in [1.29, 1.82) is 0 Å². The molecule has 1 aromatic heterocycles. The van der Waals surface area contributed by atoms with E-state index in [1.54, 1.807) is 11.0 Å². The fourth-order valence-electron chi connectivity index (χ4n) is 4.28. The van der Waals surface area contributed by atoms with Crippen molar-refractivity contribution in [1.82, 2.24) is 0 Å². The molecule has 0 spiro atoms. The molecule has 5 nitrogen and oxygen atoms in total. The maximum atomic E-state index is 13.6. The molecule has 0 atom stereocenters. The average Bonchev–Trinajstić information content (AvgIpc) is 3.06. The van der Waals surface area contributed by atoms with E-state index >= 15 is 0 Å². The van der Waals surface area contributed by atoms with Crippen LogP contribution in [0.2, 0.25) is 0 Å². The Morgan fingerprint density at radius 3 is 2.37 bits per heavy atom. The molecule has 1 aromatic rings. The van der Waals surface area contributed by atoms with Crippen LogP contribution in [0.25, 0.3) is 0 Å². The highest BCUT2D eigenvalue weighted by atomic mass is 32.1. The summed E-state index contributed by atoms with van der Waals surface area (Å²) in [4.78, 5) is 28.2. The summed E-state index contributed by atoms with van der Waals surface area (Å²) in [5, 5.41) is 19.3. The molecular formula is C24H33NO4S. The second-order valence-electron chi connectivity index (χ2n) is 9.97. The molecule has 164 valence electrons. The molecule has 0 aliphatic heterocycles. The van der Waals surface area contributed by atoms with E-state index < -0.39 is 5.97 Å². The van der Waals surface area contributed by atoms with Crippen LogP contribution in [0, 0.1) is 35.0 Å². The van der Waals surface area contributed by atoms with Crippen LogP contribution in [0.3, 0.4) is 0 Å². The Morgan fingerprint density at radius 1 is 1.20 bits per heavy atom. The monoisotopic (exact) mass is 431 g/mol. The quantitative estimate of drug-likeness (QED) is 0.658. The zero-order valence-corrected chi connectivity index (χ0v) is 19.2. The van der Waals surface area contributed by atoms with Crippen LogP contribution in [0.5, 0.6) is 0 Å². The molecule has 0 bridgehead atoms. The van der Waals surface area contributed by atoms with Gasteiger partial charge in [-0.25, -0.2) is 4.79 Å². The number of hydrogen-bond donors (Lipinski definition) is 2. The molecule has 2 N–H and O–H groups in total. The molecule has 1 heterocycles. The Labute approximate surface area is 183 Å². The number of carboxylic acid groups (broad SMARTS) is 1. The number of carboxylic acids is 1. The molecule has 3 rings (SSSR count). The van der Waals surface area contributed by atoms with Gasteiger partial charge in [0.05, 0.1) is 10.6 Å². The number of nitrogens with zero attached hydrogens (tertiary/aromatic N) is 1. The fourth-order valence-corrected chi connectivity index (χ4v) is 5.13. The molecular weight excluding hydrogens is 398 g/mol. The first-order valence-electron chi connectivity index (χ1n) is 10.9. The molecule has 1 amide bonds. The number of hydrogen-bond acceptors (Lipinski definition) is 4. The second kappa shape index (κ2) is 9.11. The van der Waals surface area contributed by atoms with Crippen molar-refractivity contribution in [2.45, 2.75) is 72.3 Å². The lowest BCUT2D eigenvalue weighted by Gasteiger charge is -2.44. The number of aliphatic hydroxyl groups is 1. The number of aromatic carboxylic acids is 1. The summed E-state index contributed by atoms with van der Waals surface area (Å²) in [6.45, 7) is 8.36. The highest BCUT2D eigenvalue weighted by Crippen LogP contribution is 2.41. The van der Waals surface area contributed by atoms with Gasteiger partial charge in [-0.3, -0.25) is 4.79 Å². The SMILES string of the molecule is CC1CCC(C(=O)N(c2cc(C#CC(C)(C)C)sc2C(=O)O)C2CC(CO)C2)CC1. The van der Waals surface area contributed by atoms with Crippen molar-refractivity contribution in [3.05, 3.63) is 15.8 Å². The van der Waals surface area contributed by atoms with Gasteiger partial charge < -0.3 is 15.1 Å². The number of anilines is 1. The lowest BCUT2D eigenvalue weighted by atomic mass is 9.77. The minimum absolute atomic E-state index is 0.0407. The predicted octanol–water partition coefficient (Wildman–Crippen LogP) is 4.77. The van der Waals surface area contributed by atoms with Gasteiger partial charge in [0, 0.05) is 24.0 Å². The summed E-state index contributed by atoms with van der Waals surface area (Å²) < 4.78 is 0. The van der Waals surface area contributed by atoms with Gasteiger partial charge in [-0.15, -0.1) is 11.3 Å². The van der Waals surface area contributed by atoms with Gasteiger partial charge in [-0.1, -0.05) is 18.8 Å². The predicted molar refractivity (Wildman–Crippen MR) is 120 cm³/mol. The largest absolute Gasteiger partial charge is 0.477 e. The van der Waals surface area contributed by atoms with Crippen LogP contribution in [0.1, 0.15) is 80.8 Å². The number of carbonyl (C=O) groups excluding carboxylic acids is 1. The Kier molecular flexibility index (Phi) is 6.94. The summed E-state index contributed by atoms with van der Waals surface area (Å²) in [6, 6.07) is 1.73. The van der Waals surface area contributed by atoms with Crippen LogP contribution in [0.4, 0.5) is 5.69 Å². The summed E-state index contributed by atoms with van der Waals surface area (Å²) in [5.74, 6) is 6.05. The van der Waals surface area contributed by atoms with Crippen molar-refractivity contribution in [2.24, 2.45) is 23.2 Å². The fraction of sp³-hybridized carbons (Fsp3) is 0.667. The Morgan fingerprint density at radius 2 is 1.83 bits per heavy atom. The van der Waals surface area contributed by atoms with Crippen molar-refractivity contribution in [2.75, 3.05) is 11.5 Å². The van der Waals surface area contributed by atoms with Crippen LogP contribution in [-0.2, 0) is 4.79 Å². The lowest BCUT2D eigenvalue weighted by Crippen LogP contribution is -2.51. The number of aliphatic hydroxyl groups excluding tert-OH is 1. The van der Waals surface area contributed by atoms with Gasteiger partial charge in [-0.05, 0) is 77.2 Å². The highest BCUT2D eigenvalue weighted by molar-refractivity contribution is 7.15. The Bertz CT molecular complexity index is 843. The van der Waals surface area contributed by atoms with Gasteiger partial charge in [0.1, 0.15) is 4.88 Å². The van der Waals surface area contributed by atoms with Crippen LogP contribution in [0.15, 0.2) is 6.07 Å². The third-order valence-corrected chi connectivity index (χ3v) is 7.19. The van der Waals surface area contributed by atoms with Gasteiger partial charge in [0.2, 0.25) is 5.91 Å². The molecule has 2 saturated carbocycles. The van der Waals surface area contributed by atoms with E-state index in [0.717, 1.165) is 37.0 Å². The highest BCUT2D eigenvalue weighted by Gasteiger charge is 2.41. The molecule has 2 fully saturated rings. The normalized spacial score (nSPS) is 26.3. The van der Waals surface area contributed by atoms with E-state index in [2.05, 4.69) is 18.8 Å². The maximum Gasteiger partial charge on any atom is 0.348 e. The molecule has 6 heteroatoms. The minimum Gasteiger partial charge on any atom is -0.477 e. The number of carbonyl (C=O) groups is 2. The van der Waals surface area contributed by atoms with E-state index in [-0.39, 0.29) is 40.7 Å².